The predicted molar refractivity (Wildman–Crippen MR) is 64.2 cm³/mol. The maximum absolute atomic E-state index is 12.1. The maximum atomic E-state index is 12.1. The Kier molecular flexibility index (Phi) is 4.88. The summed E-state index contributed by atoms with van der Waals surface area (Å²) in [5, 5.41) is 17.0. The Hall–Kier alpha value is -1.38. The van der Waals surface area contributed by atoms with Gasteiger partial charge in [-0.3, -0.25) is 0 Å². The second kappa shape index (κ2) is 5.98. The largest absolute Gasteiger partial charge is 0.246 e. The summed E-state index contributed by atoms with van der Waals surface area (Å²) in [5.41, 5.74) is 0. The van der Waals surface area contributed by atoms with Gasteiger partial charge < -0.3 is 0 Å². The second-order valence-electron chi connectivity index (χ2n) is 3.03. The lowest BCUT2D eigenvalue weighted by atomic mass is 10.5. The monoisotopic (exact) mass is 304 g/mol. The summed E-state index contributed by atoms with van der Waals surface area (Å²) in [6.45, 7) is -0.869. The fourth-order valence-electron chi connectivity index (χ4n) is 1.08. The minimum atomic E-state index is -3.98. The van der Waals surface area contributed by atoms with Gasteiger partial charge in [0.2, 0.25) is 10.0 Å². The molecule has 0 bridgehead atoms. The molecule has 1 aromatic rings. The van der Waals surface area contributed by atoms with Gasteiger partial charge in [-0.25, -0.2) is 13.4 Å². The fourth-order valence-corrected chi connectivity index (χ4v) is 2.62. The SMILES string of the molecule is N#CCN(CC#N)S(=O)(=O)c1cnc(Cl)c(Cl)c1. The molecule has 0 aliphatic carbocycles. The van der Waals surface area contributed by atoms with Crippen molar-refractivity contribution in [2.45, 2.75) is 4.90 Å². The molecule has 1 heterocycles. The number of pyridine rings is 1. The van der Waals surface area contributed by atoms with E-state index in [1.54, 1.807) is 12.1 Å². The maximum Gasteiger partial charge on any atom is 0.246 e. The third-order valence-corrected chi connectivity index (χ3v) is 4.35. The van der Waals surface area contributed by atoms with Gasteiger partial charge in [-0.1, -0.05) is 23.2 Å². The van der Waals surface area contributed by atoms with Gasteiger partial charge in [0.05, 0.1) is 17.2 Å². The first kappa shape index (κ1) is 14.7. The highest BCUT2D eigenvalue weighted by atomic mass is 35.5. The molecular formula is C9H6Cl2N4O2S. The lowest BCUT2D eigenvalue weighted by Gasteiger charge is -2.15. The van der Waals surface area contributed by atoms with E-state index in [9.17, 15) is 8.42 Å². The number of nitriles is 2. The lowest BCUT2D eigenvalue weighted by Crippen LogP contribution is -2.32. The molecule has 0 aliphatic rings. The van der Waals surface area contributed by atoms with Crippen molar-refractivity contribution in [2.24, 2.45) is 0 Å². The first-order valence-corrected chi connectivity index (χ1v) is 6.68. The van der Waals surface area contributed by atoms with E-state index < -0.39 is 23.1 Å². The highest BCUT2D eigenvalue weighted by Gasteiger charge is 2.25. The quantitative estimate of drug-likeness (QED) is 0.619. The van der Waals surface area contributed by atoms with E-state index >= 15 is 0 Å². The summed E-state index contributed by atoms with van der Waals surface area (Å²) in [7, 11) is -3.98. The van der Waals surface area contributed by atoms with Gasteiger partial charge in [-0.15, -0.1) is 0 Å². The first-order valence-electron chi connectivity index (χ1n) is 4.48. The topological polar surface area (TPSA) is 97.9 Å². The molecule has 0 saturated carbocycles. The van der Waals surface area contributed by atoms with Crippen molar-refractivity contribution in [1.29, 1.82) is 10.5 Å². The van der Waals surface area contributed by atoms with Crippen molar-refractivity contribution < 1.29 is 8.42 Å². The summed E-state index contributed by atoms with van der Waals surface area (Å²) in [4.78, 5) is 3.39. The summed E-state index contributed by atoms with van der Waals surface area (Å²) in [6, 6.07) is 4.46. The average molecular weight is 305 g/mol. The zero-order valence-electron chi connectivity index (χ0n) is 8.84. The highest BCUT2D eigenvalue weighted by molar-refractivity contribution is 7.89. The van der Waals surface area contributed by atoms with Crippen LogP contribution in [0.3, 0.4) is 0 Å². The molecule has 0 atom stereocenters. The van der Waals surface area contributed by atoms with Gasteiger partial charge in [0.15, 0.2) is 0 Å². The van der Waals surface area contributed by atoms with Crippen LogP contribution in [0.15, 0.2) is 17.2 Å². The Morgan fingerprint density at radius 3 is 2.28 bits per heavy atom. The number of nitrogens with zero attached hydrogens (tertiary/aromatic N) is 4. The minimum Gasteiger partial charge on any atom is -0.242 e. The van der Waals surface area contributed by atoms with E-state index in [0.29, 0.717) is 4.31 Å². The van der Waals surface area contributed by atoms with Crippen LogP contribution in [-0.4, -0.2) is 30.8 Å². The van der Waals surface area contributed by atoms with Crippen molar-refractivity contribution >= 4 is 33.2 Å². The highest BCUT2D eigenvalue weighted by Crippen LogP contribution is 2.23. The number of sulfonamides is 1. The molecule has 0 unspecified atom stereocenters. The molecule has 0 amide bonds. The summed E-state index contributed by atoms with van der Waals surface area (Å²) < 4.78 is 24.8. The fraction of sp³-hybridized carbons (Fsp3) is 0.222. The molecule has 18 heavy (non-hydrogen) atoms. The third kappa shape index (κ3) is 3.09. The Bertz CT molecular complexity index is 617. The van der Waals surface area contributed by atoms with Gasteiger partial charge in [0, 0.05) is 6.20 Å². The van der Waals surface area contributed by atoms with Crippen LogP contribution in [0.2, 0.25) is 10.2 Å². The first-order chi connectivity index (χ1) is 8.43. The van der Waals surface area contributed by atoms with E-state index in [1.807, 2.05) is 0 Å². The van der Waals surface area contributed by atoms with Crippen molar-refractivity contribution in [3.63, 3.8) is 0 Å². The van der Waals surface area contributed by atoms with E-state index in [4.69, 9.17) is 33.7 Å². The van der Waals surface area contributed by atoms with Crippen molar-refractivity contribution in [3.8, 4) is 12.1 Å². The number of hydrogen-bond acceptors (Lipinski definition) is 5. The molecule has 0 aliphatic heterocycles. The molecule has 0 fully saturated rings. The van der Waals surface area contributed by atoms with Crippen LogP contribution >= 0.6 is 23.2 Å². The van der Waals surface area contributed by atoms with Crippen molar-refractivity contribution in [1.82, 2.24) is 9.29 Å². The molecule has 0 spiro atoms. The molecular weight excluding hydrogens is 299 g/mol. The molecule has 1 rings (SSSR count). The number of halogens is 2. The van der Waals surface area contributed by atoms with Crippen molar-refractivity contribution in [3.05, 3.63) is 22.4 Å². The van der Waals surface area contributed by atoms with Crippen LogP contribution in [-0.2, 0) is 10.0 Å². The second-order valence-corrected chi connectivity index (χ2v) is 5.74. The Morgan fingerprint density at radius 2 is 1.83 bits per heavy atom. The normalized spacial score (nSPS) is 10.9. The predicted octanol–water partition coefficient (Wildman–Crippen LogP) is 1.43. The van der Waals surface area contributed by atoms with Crippen LogP contribution in [0.25, 0.3) is 0 Å². The van der Waals surface area contributed by atoms with Crippen LogP contribution in [0.4, 0.5) is 0 Å². The molecule has 9 heteroatoms. The molecule has 94 valence electrons. The third-order valence-electron chi connectivity index (χ3n) is 1.90. The molecule has 0 radical (unpaired) electrons. The van der Waals surface area contributed by atoms with Gasteiger partial charge in [0.1, 0.15) is 23.1 Å². The summed E-state index contributed by atoms with van der Waals surface area (Å²) in [6.07, 6.45) is 1.02. The standard InChI is InChI=1S/C9H6Cl2N4O2S/c10-8-5-7(6-14-9(8)11)18(16,17)15(3-1-12)4-2-13/h5-6H,3-4H2. The number of rotatable bonds is 4. The number of aromatic nitrogens is 1. The molecule has 1 aromatic heterocycles. The van der Waals surface area contributed by atoms with Crippen molar-refractivity contribution in [2.75, 3.05) is 13.1 Å². The minimum absolute atomic E-state index is 0.0217. The number of hydrogen-bond donors (Lipinski definition) is 0. The van der Waals surface area contributed by atoms with Crippen LogP contribution in [0.1, 0.15) is 0 Å². The average Bonchev–Trinajstić information content (AvgIpc) is 2.32. The molecule has 0 aromatic carbocycles. The summed E-state index contributed by atoms with van der Waals surface area (Å²) in [5.74, 6) is 0. The van der Waals surface area contributed by atoms with Gasteiger partial charge in [-0.2, -0.15) is 14.8 Å². The smallest absolute Gasteiger partial charge is 0.242 e. The van der Waals surface area contributed by atoms with Gasteiger partial charge in [0.25, 0.3) is 0 Å². The Morgan fingerprint density at radius 1 is 1.28 bits per heavy atom. The van der Waals surface area contributed by atoms with Gasteiger partial charge >= 0.3 is 0 Å². The van der Waals surface area contributed by atoms with Crippen LogP contribution in [0.5, 0.6) is 0 Å². The van der Waals surface area contributed by atoms with E-state index in [0.717, 1.165) is 12.3 Å². The summed E-state index contributed by atoms with van der Waals surface area (Å²) >= 11 is 11.2. The van der Waals surface area contributed by atoms with E-state index in [-0.39, 0.29) is 15.1 Å². The molecule has 0 saturated heterocycles. The Labute approximate surface area is 114 Å². The lowest BCUT2D eigenvalue weighted by molar-refractivity contribution is 0.479. The van der Waals surface area contributed by atoms with E-state index in [2.05, 4.69) is 4.98 Å². The molecule has 6 nitrogen and oxygen atoms in total. The zero-order valence-corrected chi connectivity index (χ0v) is 11.2. The van der Waals surface area contributed by atoms with E-state index in [1.165, 1.54) is 0 Å². The Balaban J connectivity index is 3.23. The zero-order chi connectivity index (χ0) is 13.8. The molecule has 0 N–H and O–H groups in total. The van der Waals surface area contributed by atoms with Crippen LogP contribution < -0.4 is 0 Å². The van der Waals surface area contributed by atoms with Crippen LogP contribution in [0, 0.1) is 22.7 Å². The van der Waals surface area contributed by atoms with Gasteiger partial charge in [-0.05, 0) is 6.07 Å².